The van der Waals surface area contributed by atoms with Gasteiger partial charge in [0, 0.05) is 0 Å². The Labute approximate surface area is 94.0 Å². The molecule has 16 heavy (non-hydrogen) atoms. The lowest BCUT2D eigenvalue weighted by atomic mass is 9.82. The zero-order valence-corrected chi connectivity index (χ0v) is 9.19. The molecule has 1 aliphatic rings. The van der Waals surface area contributed by atoms with Crippen LogP contribution < -0.4 is 10.5 Å². The van der Waals surface area contributed by atoms with Crippen molar-refractivity contribution in [2.75, 3.05) is 13.7 Å². The van der Waals surface area contributed by atoms with Gasteiger partial charge in [0.05, 0.1) is 19.1 Å². The van der Waals surface area contributed by atoms with Crippen LogP contribution in [0.4, 0.5) is 0 Å². The number of hydrogen-bond acceptors (Lipinski definition) is 3. The molecule has 0 saturated heterocycles. The number of aliphatic hydroxyl groups is 1. The molecule has 1 atom stereocenters. The maximum Gasteiger partial charge on any atom is 0.230 e. The molecule has 3 N–H and O–H groups in total. The Morgan fingerprint density at radius 3 is 2.94 bits per heavy atom. The number of nitrogens with two attached hydrogens (primary N) is 1. The van der Waals surface area contributed by atoms with E-state index < -0.39 is 11.3 Å². The standard InChI is InChI=1S/C12H15NO3/c1-16-9-3-2-8-4-5-12(7-14,11(13)15)10(8)6-9/h2-3,6,14H,4-5,7H2,1H3,(H2,13,15). The number of hydrogen-bond donors (Lipinski definition) is 2. The third-order valence-corrected chi connectivity index (χ3v) is 3.40. The molecule has 0 heterocycles. The topological polar surface area (TPSA) is 72.6 Å². The van der Waals surface area contributed by atoms with Crippen molar-refractivity contribution in [2.24, 2.45) is 5.73 Å². The summed E-state index contributed by atoms with van der Waals surface area (Å²) in [5, 5.41) is 9.46. The van der Waals surface area contributed by atoms with Crippen LogP contribution in [0.15, 0.2) is 18.2 Å². The maximum absolute atomic E-state index is 11.5. The van der Waals surface area contributed by atoms with Crippen molar-refractivity contribution in [3.63, 3.8) is 0 Å². The maximum atomic E-state index is 11.5. The highest BCUT2D eigenvalue weighted by molar-refractivity contribution is 5.88. The van der Waals surface area contributed by atoms with Crippen LogP contribution in [-0.4, -0.2) is 24.7 Å². The summed E-state index contributed by atoms with van der Waals surface area (Å²) in [5.74, 6) is 0.210. The van der Waals surface area contributed by atoms with Crippen LogP contribution in [0.3, 0.4) is 0 Å². The van der Waals surface area contributed by atoms with Gasteiger partial charge < -0.3 is 15.6 Å². The first kappa shape index (κ1) is 11.0. The number of fused-ring (bicyclic) bond motifs is 1. The number of carbonyl (C=O) groups excluding carboxylic acids is 1. The molecule has 86 valence electrons. The molecule has 1 amide bonds. The molecule has 0 aromatic heterocycles. The predicted octanol–water partition coefficient (Wildman–Crippen LogP) is 0.357. The number of aliphatic hydroxyl groups excluding tert-OH is 1. The van der Waals surface area contributed by atoms with Gasteiger partial charge in [-0.2, -0.15) is 0 Å². The summed E-state index contributed by atoms with van der Waals surface area (Å²) in [7, 11) is 1.57. The first-order valence-electron chi connectivity index (χ1n) is 5.22. The predicted molar refractivity (Wildman–Crippen MR) is 59.3 cm³/mol. The van der Waals surface area contributed by atoms with Gasteiger partial charge in [-0.3, -0.25) is 4.79 Å². The van der Waals surface area contributed by atoms with Crippen molar-refractivity contribution in [3.05, 3.63) is 29.3 Å². The molecule has 0 aliphatic heterocycles. The number of benzene rings is 1. The highest BCUT2D eigenvalue weighted by Crippen LogP contribution is 2.40. The number of methoxy groups -OCH3 is 1. The second kappa shape index (κ2) is 3.79. The number of carbonyl (C=O) groups is 1. The van der Waals surface area contributed by atoms with Gasteiger partial charge in [0.1, 0.15) is 5.75 Å². The summed E-state index contributed by atoms with van der Waals surface area (Å²) >= 11 is 0. The van der Waals surface area contributed by atoms with Gasteiger partial charge in [-0.1, -0.05) is 6.07 Å². The second-order valence-corrected chi connectivity index (χ2v) is 4.13. The van der Waals surface area contributed by atoms with Gasteiger partial charge in [-0.05, 0) is 36.1 Å². The van der Waals surface area contributed by atoms with Gasteiger partial charge in [0.25, 0.3) is 0 Å². The normalized spacial score (nSPS) is 22.9. The Morgan fingerprint density at radius 1 is 1.62 bits per heavy atom. The van der Waals surface area contributed by atoms with Crippen LogP contribution in [0.25, 0.3) is 0 Å². The van der Waals surface area contributed by atoms with E-state index in [2.05, 4.69) is 0 Å². The van der Waals surface area contributed by atoms with E-state index in [1.54, 1.807) is 13.2 Å². The van der Waals surface area contributed by atoms with Gasteiger partial charge in [-0.25, -0.2) is 0 Å². The van der Waals surface area contributed by atoms with E-state index >= 15 is 0 Å². The minimum atomic E-state index is -0.927. The molecule has 1 unspecified atom stereocenters. The summed E-state index contributed by atoms with van der Waals surface area (Å²) in [4.78, 5) is 11.5. The van der Waals surface area contributed by atoms with E-state index in [4.69, 9.17) is 10.5 Å². The van der Waals surface area contributed by atoms with Crippen molar-refractivity contribution in [3.8, 4) is 5.75 Å². The Kier molecular flexibility index (Phi) is 2.59. The van der Waals surface area contributed by atoms with E-state index in [0.29, 0.717) is 12.2 Å². The van der Waals surface area contributed by atoms with E-state index in [0.717, 1.165) is 17.5 Å². The fraction of sp³-hybridized carbons (Fsp3) is 0.417. The molecule has 4 heteroatoms. The molecule has 4 nitrogen and oxygen atoms in total. The summed E-state index contributed by atoms with van der Waals surface area (Å²) in [5.41, 5.74) is 6.35. The number of rotatable bonds is 3. The van der Waals surface area contributed by atoms with Gasteiger partial charge in [-0.15, -0.1) is 0 Å². The minimum Gasteiger partial charge on any atom is -0.497 e. The first-order chi connectivity index (χ1) is 7.64. The Hall–Kier alpha value is -1.55. The first-order valence-corrected chi connectivity index (χ1v) is 5.22. The van der Waals surface area contributed by atoms with Crippen molar-refractivity contribution >= 4 is 5.91 Å². The largest absolute Gasteiger partial charge is 0.497 e. The lowest BCUT2D eigenvalue weighted by molar-refractivity contribution is -0.125. The molecular formula is C12H15NO3. The van der Waals surface area contributed by atoms with Crippen molar-refractivity contribution in [2.45, 2.75) is 18.3 Å². The summed E-state index contributed by atoms with van der Waals surface area (Å²) < 4.78 is 5.12. The van der Waals surface area contributed by atoms with E-state index in [1.165, 1.54) is 0 Å². The third-order valence-electron chi connectivity index (χ3n) is 3.40. The SMILES string of the molecule is COc1ccc2c(c1)C(CO)(C(N)=O)CC2. The molecular weight excluding hydrogens is 206 g/mol. The van der Waals surface area contributed by atoms with Gasteiger partial charge >= 0.3 is 0 Å². The van der Waals surface area contributed by atoms with Crippen LogP contribution in [0, 0.1) is 0 Å². The Bertz CT molecular complexity index is 430. The molecule has 2 rings (SSSR count). The average Bonchev–Trinajstić information content (AvgIpc) is 2.67. The molecule has 0 spiro atoms. The smallest absolute Gasteiger partial charge is 0.230 e. The number of aryl methyl sites for hydroxylation is 1. The van der Waals surface area contributed by atoms with Crippen molar-refractivity contribution < 1.29 is 14.6 Å². The van der Waals surface area contributed by atoms with Crippen molar-refractivity contribution in [1.29, 1.82) is 0 Å². The van der Waals surface area contributed by atoms with Crippen LogP contribution in [0.2, 0.25) is 0 Å². The summed E-state index contributed by atoms with van der Waals surface area (Å²) in [6.07, 6.45) is 1.34. The molecule has 0 fully saturated rings. The summed E-state index contributed by atoms with van der Waals surface area (Å²) in [6.45, 7) is -0.248. The number of primary amides is 1. The van der Waals surface area contributed by atoms with E-state index in [-0.39, 0.29) is 6.61 Å². The average molecular weight is 221 g/mol. The Morgan fingerprint density at radius 2 is 2.38 bits per heavy atom. The van der Waals surface area contributed by atoms with Gasteiger partial charge in [0.2, 0.25) is 5.91 Å². The van der Waals surface area contributed by atoms with Crippen LogP contribution in [0.5, 0.6) is 5.75 Å². The van der Waals surface area contributed by atoms with Gasteiger partial charge in [0.15, 0.2) is 0 Å². The molecule has 0 bridgehead atoms. The lowest BCUT2D eigenvalue weighted by Gasteiger charge is -2.24. The fourth-order valence-electron chi connectivity index (χ4n) is 2.33. The van der Waals surface area contributed by atoms with Crippen LogP contribution in [-0.2, 0) is 16.6 Å². The van der Waals surface area contributed by atoms with Crippen molar-refractivity contribution in [1.82, 2.24) is 0 Å². The fourth-order valence-corrected chi connectivity index (χ4v) is 2.33. The third kappa shape index (κ3) is 1.38. The van der Waals surface area contributed by atoms with Crippen LogP contribution in [0.1, 0.15) is 17.5 Å². The van der Waals surface area contributed by atoms with E-state index in [9.17, 15) is 9.90 Å². The highest BCUT2D eigenvalue weighted by atomic mass is 16.5. The quantitative estimate of drug-likeness (QED) is 0.774. The molecule has 0 saturated carbocycles. The second-order valence-electron chi connectivity index (χ2n) is 4.13. The Balaban J connectivity index is 2.55. The van der Waals surface area contributed by atoms with E-state index in [1.807, 2.05) is 12.1 Å². The minimum absolute atomic E-state index is 0.248. The zero-order valence-electron chi connectivity index (χ0n) is 9.19. The van der Waals surface area contributed by atoms with Crippen LogP contribution >= 0.6 is 0 Å². The monoisotopic (exact) mass is 221 g/mol. The number of ether oxygens (including phenoxy) is 1. The molecule has 1 aromatic rings. The lowest BCUT2D eigenvalue weighted by Crippen LogP contribution is -2.42. The molecule has 0 radical (unpaired) electrons. The zero-order chi connectivity index (χ0) is 11.8. The highest BCUT2D eigenvalue weighted by Gasteiger charge is 2.43. The molecule has 1 aromatic carbocycles. The molecule has 1 aliphatic carbocycles. The summed E-state index contributed by atoms with van der Waals surface area (Å²) in [6, 6.07) is 5.57. The number of amides is 1.